The highest BCUT2D eigenvalue weighted by Crippen LogP contribution is 2.17. The van der Waals surface area contributed by atoms with Crippen molar-refractivity contribution >= 4 is 23.2 Å². The quantitative estimate of drug-likeness (QED) is 0.715. The zero-order chi connectivity index (χ0) is 10.7. The lowest BCUT2D eigenvalue weighted by molar-refractivity contribution is 1.43. The van der Waals surface area contributed by atoms with Crippen LogP contribution >= 0.6 is 23.2 Å². The van der Waals surface area contributed by atoms with E-state index in [2.05, 4.69) is 6.42 Å². The van der Waals surface area contributed by atoms with Crippen molar-refractivity contribution in [1.82, 2.24) is 0 Å². The minimum Gasteiger partial charge on any atom is -0.0843 e. The lowest BCUT2D eigenvalue weighted by Gasteiger charge is -2.01. The van der Waals surface area contributed by atoms with Crippen LogP contribution in [0.3, 0.4) is 0 Å². The van der Waals surface area contributed by atoms with Crippen LogP contribution in [0, 0.1) is 6.42 Å². The molecule has 0 aliphatic rings. The molecule has 0 atom stereocenters. The van der Waals surface area contributed by atoms with Crippen LogP contribution in [0.5, 0.6) is 0 Å². The molecule has 0 bridgehead atoms. The molecular formula is C13H9Cl2. The van der Waals surface area contributed by atoms with Gasteiger partial charge in [0.2, 0.25) is 0 Å². The van der Waals surface area contributed by atoms with Gasteiger partial charge in [0.15, 0.2) is 0 Å². The molecule has 0 saturated heterocycles. The molecule has 0 fully saturated rings. The van der Waals surface area contributed by atoms with Crippen LogP contribution in [-0.2, 0) is 0 Å². The summed E-state index contributed by atoms with van der Waals surface area (Å²) in [6, 6.07) is 15.4. The minimum atomic E-state index is 0.753. The van der Waals surface area contributed by atoms with Crippen LogP contribution in [-0.4, -0.2) is 0 Å². The molecule has 0 aliphatic carbocycles. The van der Waals surface area contributed by atoms with Gasteiger partial charge >= 0.3 is 0 Å². The van der Waals surface area contributed by atoms with Crippen LogP contribution in [0.4, 0.5) is 0 Å². The van der Waals surface area contributed by atoms with Crippen molar-refractivity contribution in [2.75, 3.05) is 0 Å². The number of benzene rings is 2. The zero-order valence-electron chi connectivity index (χ0n) is 7.95. The Morgan fingerprint density at radius 1 is 0.600 bits per heavy atom. The zero-order valence-corrected chi connectivity index (χ0v) is 9.46. The van der Waals surface area contributed by atoms with Crippen molar-refractivity contribution in [3.63, 3.8) is 0 Å². The monoisotopic (exact) mass is 235 g/mol. The average molecular weight is 236 g/mol. The van der Waals surface area contributed by atoms with E-state index in [4.69, 9.17) is 23.2 Å². The highest BCUT2D eigenvalue weighted by molar-refractivity contribution is 6.30. The first kappa shape index (κ1) is 10.5. The fraction of sp³-hybridized carbons (Fsp3) is 0. The normalized spacial score (nSPS) is 10.3. The molecular weight excluding hydrogens is 227 g/mol. The second kappa shape index (κ2) is 4.69. The highest BCUT2D eigenvalue weighted by atomic mass is 35.5. The average Bonchev–Trinajstić information content (AvgIpc) is 2.25. The van der Waals surface area contributed by atoms with E-state index in [1.165, 1.54) is 0 Å². The van der Waals surface area contributed by atoms with Crippen molar-refractivity contribution in [2.45, 2.75) is 0 Å². The Bertz CT molecular complexity index is 386. The fourth-order valence-corrected chi connectivity index (χ4v) is 1.56. The third-order valence-electron chi connectivity index (χ3n) is 2.07. The molecule has 0 amide bonds. The van der Waals surface area contributed by atoms with E-state index in [1.54, 1.807) is 0 Å². The van der Waals surface area contributed by atoms with Gasteiger partial charge < -0.3 is 0 Å². The van der Waals surface area contributed by atoms with Crippen molar-refractivity contribution in [1.29, 1.82) is 0 Å². The largest absolute Gasteiger partial charge is 0.0843 e. The second-order valence-corrected chi connectivity index (χ2v) is 4.12. The topological polar surface area (TPSA) is 0 Å². The first-order valence-electron chi connectivity index (χ1n) is 4.60. The van der Waals surface area contributed by atoms with Crippen LogP contribution < -0.4 is 0 Å². The molecule has 2 heteroatoms. The van der Waals surface area contributed by atoms with Gasteiger partial charge in [0.05, 0.1) is 0 Å². The Morgan fingerprint density at radius 3 is 1.27 bits per heavy atom. The molecule has 0 aliphatic heterocycles. The smallest absolute Gasteiger partial charge is 0.0406 e. The summed E-state index contributed by atoms with van der Waals surface area (Å²) >= 11 is 11.6. The van der Waals surface area contributed by atoms with E-state index < -0.39 is 0 Å². The molecule has 2 aromatic rings. The molecule has 15 heavy (non-hydrogen) atoms. The first-order valence-corrected chi connectivity index (χ1v) is 5.35. The maximum atomic E-state index is 5.80. The van der Waals surface area contributed by atoms with Gasteiger partial charge in [-0.15, -0.1) is 0 Å². The number of halogens is 2. The van der Waals surface area contributed by atoms with E-state index >= 15 is 0 Å². The second-order valence-electron chi connectivity index (χ2n) is 3.25. The summed E-state index contributed by atoms with van der Waals surface area (Å²) in [5, 5.41) is 1.51. The van der Waals surface area contributed by atoms with E-state index in [9.17, 15) is 0 Å². The Balaban J connectivity index is 2.15. The molecule has 2 rings (SSSR count). The highest BCUT2D eigenvalue weighted by Gasteiger charge is 1.97. The third-order valence-corrected chi connectivity index (χ3v) is 2.58. The maximum Gasteiger partial charge on any atom is 0.0406 e. The van der Waals surface area contributed by atoms with Gasteiger partial charge in [0, 0.05) is 16.5 Å². The summed E-state index contributed by atoms with van der Waals surface area (Å²) in [6.45, 7) is 0. The third kappa shape index (κ3) is 2.98. The SMILES string of the molecule is Clc1ccc([CH]c2ccc(Cl)cc2)cc1. The Kier molecular flexibility index (Phi) is 3.30. The van der Waals surface area contributed by atoms with E-state index in [-0.39, 0.29) is 0 Å². The van der Waals surface area contributed by atoms with Gasteiger partial charge in [-0.1, -0.05) is 47.5 Å². The number of rotatable bonds is 2. The van der Waals surface area contributed by atoms with Crippen LogP contribution in [0.15, 0.2) is 48.5 Å². The first-order chi connectivity index (χ1) is 7.24. The van der Waals surface area contributed by atoms with E-state index in [1.807, 2.05) is 48.5 Å². The fourth-order valence-electron chi connectivity index (χ4n) is 1.31. The lowest BCUT2D eigenvalue weighted by atomic mass is 10.1. The molecule has 0 saturated carbocycles. The molecule has 0 heterocycles. The van der Waals surface area contributed by atoms with Gasteiger partial charge in [-0.25, -0.2) is 0 Å². The minimum absolute atomic E-state index is 0.753. The summed E-state index contributed by atoms with van der Waals surface area (Å²) in [5.41, 5.74) is 2.25. The van der Waals surface area contributed by atoms with Gasteiger partial charge in [-0.05, 0) is 35.4 Å². The molecule has 0 nitrogen and oxygen atoms in total. The van der Waals surface area contributed by atoms with Crippen LogP contribution in [0.1, 0.15) is 11.1 Å². The Hall–Kier alpha value is -0.980. The molecule has 2 aromatic carbocycles. The molecule has 0 spiro atoms. The summed E-state index contributed by atoms with van der Waals surface area (Å²) in [6.07, 6.45) is 2.08. The molecule has 1 radical (unpaired) electrons. The summed E-state index contributed by atoms with van der Waals surface area (Å²) in [5.74, 6) is 0. The van der Waals surface area contributed by atoms with Gasteiger partial charge in [0.25, 0.3) is 0 Å². The molecule has 0 unspecified atom stereocenters. The predicted molar refractivity (Wildman–Crippen MR) is 65.4 cm³/mol. The molecule has 0 N–H and O–H groups in total. The van der Waals surface area contributed by atoms with Gasteiger partial charge in [-0.3, -0.25) is 0 Å². The van der Waals surface area contributed by atoms with Gasteiger partial charge in [-0.2, -0.15) is 0 Å². The van der Waals surface area contributed by atoms with Crippen molar-refractivity contribution < 1.29 is 0 Å². The predicted octanol–water partition coefficient (Wildman–Crippen LogP) is 4.59. The van der Waals surface area contributed by atoms with Crippen molar-refractivity contribution in [2.24, 2.45) is 0 Å². The van der Waals surface area contributed by atoms with Crippen LogP contribution in [0.2, 0.25) is 10.0 Å². The summed E-state index contributed by atoms with van der Waals surface area (Å²) < 4.78 is 0. The number of hydrogen-bond acceptors (Lipinski definition) is 0. The standard InChI is InChI=1S/C13H9Cl2/c14-12-5-1-10(2-6-12)9-11-3-7-13(15)8-4-11/h1-9H. The van der Waals surface area contributed by atoms with Crippen molar-refractivity contribution in [3.8, 4) is 0 Å². The Labute approximate surface area is 99.5 Å². The van der Waals surface area contributed by atoms with E-state index in [0.717, 1.165) is 21.2 Å². The summed E-state index contributed by atoms with van der Waals surface area (Å²) in [7, 11) is 0. The Morgan fingerprint density at radius 2 is 0.933 bits per heavy atom. The molecule has 0 aromatic heterocycles. The van der Waals surface area contributed by atoms with Crippen molar-refractivity contribution in [3.05, 3.63) is 76.1 Å². The number of hydrogen-bond donors (Lipinski definition) is 0. The molecule has 75 valence electrons. The van der Waals surface area contributed by atoms with Crippen LogP contribution in [0.25, 0.3) is 0 Å². The summed E-state index contributed by atoms with van der Waals surface area (Å²) in [4.78, 5) is 0. The van der Waals surface area contributed by atoms with E-state index in [0.29, 0.717) is 0 Å². The lowest BCUT2D eigenvalue weighted by Crippen LogP contribution is -1.83. The van der Waals surface area contributed by atoms with Gasteiger partial charge in [0.1, 0.15) is 0 Å². The maximum absolute atomic E-state index is 5.80.